The fourth-order valence-electron chi connectivity index (χ4n) is 1.35. The van der Waals surface area contributed by atoms with Gasteiger partial charge in [0.2, 0.25) is 0 Å². The lowest BCUT2D eigenvalue weighted by Crippen LogP contribution is -2.31. The van der Waals surface area contributed by atoms with E-state index in [1.165, 1.54) is 40.4 Å². The van der Waals surface area contributed by atoms with E-state index in [1.807, 2.05) is 0 Å². The quantitative estimate of drug-likeness (QED) is 0.562. The summed E-state index contributed by atoms with van der Waals surface area (Å²) in [6, 6.07) is 0. The molecule has 3 heteroatoms. The predicted molar refractivity (Wildman–Crippen MR) is 66.2 cm³/mol. The molecule has 1 aliphatic rings. The molecule has 0 aromatic carbocycles. The highest BCUT2D eigenvalue weighted by Gasteiger charge is 2.13. The first-order valence-corrected chi connectivity index (χ1v) is 6.68. The molecular formula is C9H15BrIN. The third-order valence-electron chi connectivity index (χ3n) is 2.24. The van der Waals surface area contributed by atoms with Gasteiger partial charge in [0.05, 0.1) is 0 Å². The van der Waals surface area contributed by atoms with Crippen molar-refractivity contribution in [2.45, 2.75) is 19.8 Å². The number of rotatable bonds is 3. The number of nitrogens with zero attached hydrogens (tertiary/aromatic N) is 1. The summed E-state index contributed by atoms with van der Waals surface area (Å²) in [6.07, 6.45) is 2.56. The largest absolute Gasteiger partial charge is 0.298 e. The van der Waals surface area contributed by atoms with Crippen LogP contribution in [0.15, 0.2) is 10.1 Å². The minimum absolute atomic E-state index is 1.13. The molecule has 12 heavy (non-hydrogen) atoms. The van der Waals surface area contributed by atoms with E-state index in [9.17, 15) is 0 Å². The molecule has 0 aliphatic carbocycles. The highest BCUT2D eigenvalue weighted by atomic mass is 127. The van der Waals surface area contributed by atoms with Crippen LogP contribution >= 0.6 is 38.5 Å². The van der Waals surface area contributed by atoms with E-state index in [1.54, 1.807) is 0 Å². The first-order chi connectivity index (χ1) is 5.74. The SMILES string of the molecule is CC1=C(Br)CN(CCCI)CC1. The van der Waals surface area contributed by atoms with E-state index >= 15 is 0 Å². The van der Waals surface area contributed by atoms with Gasteiger partial charge < -0.3 is 0 Å². The van der Waals surface area contributed by atoms with Crippen molar-refractivity contribution in [3.05, 3.63) is 10.1 Å². The Labute approximate surface area is 96.9 Å². The molecule has 70 valence electrons. The van der Waals surface area contributed by atoms with Gasteiger partial charge in [0.1, 0.15) is 0 Å². The first kappa shape index (κ1) is 11.0. The second kappa shape index (κ2) is 5.60. The second-order valence-electron chi connectivity index (χ2n) is 3.25. The normalized spacial score (nSPS) is 20.2. The summed E-state index contributed by atoms with van der Waals surface area (Å²) >= 11 is 6.06. The van der Waals surface area contributed by atoms with E-state index in [0.29, 0.717) is 0 Å². The zero-order chi connectivity index (χ0) is 8.97. The third-order valence-corrected chi connectivity index (χ3v) is 3.93. The molecule has 0 saturated heterocycles. The second-order valence-corrected chi connectivity index (χ2v) is 5.29. The molecule has 0 amide bonds. The van der Waals surface area contributed by atoms with Gasteiger partial charge in [0.15, 0.2) is 0 Å². The van der Waals surface area contributed by atoms with E-state index in [0.717, 1.165) is 6.54 Å². The predicted octanol–water partition coefficient (Wildman–Crippen LogP) is 3.19. The molecule has 0 radical (unpaired) electrons. The monoisotopic (exact) mass is 343 g/mol. The fraction of sp³-hybridized carbons (Fsp3) is 0.778. The van der Waals surface area contributed by atoms with Crippen molar-refractivity contribution in [2.75, 3.05) is 24.1 Å². The molecule has 0 N–H and O–H groups in total. The lowest BCUT2D eigenvalue weighted by molar-refractivity contribution is 0.294. The van der Waals surface area contributed by atoms with Gasteiger partial charge in [-0.1, -0.05) is 44.1 Å². The molecule has 0 spiro atoms. The molecule has 0 bridgehead atoms. The lowest BCUT2D eigenvalue weighted by atomic mass is 10.1. The van der Waals surface area contributed by atoms with Crippen molar-refractivity contribution in [3.63, 3.8) is 0 Å². The van der Waals surface area contributed by atoms with E-state index in [2.05, 4.69) is 50.3 Å². The Hall–Kier alpha value is 0.910. The average molecular weight is 344 g/mol. The topological polar surface area (TPSA) is 3.24 Å². The maximum Gasteiger partial charge on any atom is 0.0299 e. The van der Waals surface area contributed by atoms with Gasteiger partial charge in [0, 0.05) is 22.0 Å². The van der Waals surface area contributed by atoms with Crippen LogP contribution in [-0.2, 0) is 0 Å². The van der Waals surface area contributed by atoms with Crippen molar-refractivity contribution >= 4 is 38.5 Å². The van der Waals surface area contributed by atoms with Crippen LogP contribution in [0.1, 0.15) is 19.8 Å². The Morgan fingerprint density at radius 2 is 2.33 bits per heavy atom. The van der Waals surface area contributed by atoms with Crippen molar-refractivity contribution < 1.29 is 0 Å². The third kappa shape index (κ3) is 3.34. The smallest absolute Gasteiger partial charge is 0.0299 e. The molecule has 0 unspecified atom stereocenters. The summed E-state index contributed by atoms with van der Waals surface area (Å²) in [4.78, 5) is 2.52. The maximum atomic E-state index is 3.62. The van der Waals surface area contributed by atoms with Crippen LogP contribution in [0.4, 0.5) is 0 Å². The van der Waals surface area contributed by atoms with Gasteiger partial charge in [-0.2, -0.15) is 0 Å². The Bertz CT molecular complexity index is 179. The summed E-state index contributed by atoms with van der Waals surface area (Å²) in [5.74, 6) is 0. The molecule has 1 heterocycles. The van der Waals surface area contributed by atoms with E-state index in [4.69, 9.17) is 0 Å². The minimum atomic E-state index is 1.13. The zero-order valence-electron chi connectivity index (χ0n) is 7.45. The molecule has 0 atom stereocenters. The van der Waals surface area contributed by atoms with Crippen molar-refractivity contribution in [2.24, 2.45) is 0 Å². The molecule has 0 aromatic heterocycles. The minimum Gasteiger partial charge on any atom is -0.298 e. The van der Waals surface area contributed by atoms with E-state index in [-0.39, 0.29) is 0 Å². The summed E-state index contributed by atoms with van der Waals surface area (Å²) in [5, 5.41) is 0. The zero-order valence-corrected chi connectivity index (χ0v) is 11.2. The van der Waals surface area contributed by atoms with Crippen LogP contribution in [0.5, 0.6) is 0 Å². The maximum absolute atomic E-state index is 3.62. The van der Waals surface area contributed by atoms with Crippen LogP contribution < -0.4 is 0 Å². The van der Waals surface area contributed by atoms with Crippen molar-refractivity contribution in [1.82, 2.24) is 4.90 Å². The van der Waals surface area contributed by atoms with Crippen molar-refractivity contribution in [1.29, 1.82) is 0 Å². The molecule has 1 nitrogen and oxygen atoms in total. The number of halogens is 2. The van der Waals surface area contributed by atoms with Crippen LogP contribution in [0, 0.1) is 0 Å². The average Bonchev–Trinajstić information content (AvgIpc) is 2.07. The summed E-state index contributed by atoms with van der Waals surface area (Å²) < 4.78 is 2.68. The van der Waals surface area contributed by atoms with Crippen LogP contribution in [0.2, 0.25) is 0 Å². The van der Waals surface area contributed by atoms with Gasteiger partial charge in [-0.15, -0.1) is 0 Å². The first-order valence-electron chi connectivity index (χ1n) is 4.36. The number of hydrogen-bond donors (Lipinski definition) is 0. The Morgan fingerprint density at radius 3 is 2.92 bits per heavy atom. The van der Waals surface area contributed by atoms with Gasteiger partial charge in [0.25, 0.3) is 0 Å². The van der Waals surface area contributed by atoms with Crippen molar-refractivity contribution in [3.8, 4) is 0 Å². The highest BCUT2D eigenvalue weighted by molar-refractivity contribution is 14.1. The summed E-state index contributed by atoms with van der Waals surface area (Å²) in [7, 11) is 0. The molecule has 1 aliphatic heterocycles. The van der Waals surface area contributed by atoms with Gasteiger partial charge in [-0.05, 0) is 26.3 Å². The summed E-state index contributed by atoms with van der Waals surface area (Å²) in [5.41, 5.74) is 1.53. The Morgan fingerprint density at radius 1 is 1.58 bits per heavy atom. The number of alkyl halides is 1. The van der Waals surface area contributed by atoms with Gasteiger partial charge in [-0.3, -0.25) is 4.90 Å². The van der Waals surface area contributed by atoms with Gasteiger partial charge in [-0.25, -0.2) is 0 Å². The van der Waals surface area contributed by atoms with Crippen LogP contribution in [0.3, 0.4) is 0 Å². The Balaban J connectivity index is 2.33. The van der Waals surface area contributed by atoms with E-state index < -0.39 is 0 Å². The summed E-state index contributed by atoms with van der Waals surface area (Å²) in [6.45, 7) is 5.85. The number of hydrogen-bond acceptors (Lipinski definition) is 1. The molecular weight excluding hydrogens is 329 g/mol. The lowest BCUT2D eigenvalue weighted by Gasteiger charge is -2.27. The van der Waals surface area contributed by atoms with Crippen LogP contribution in [0.25, 0.3) is 0 Å². The molecule has 0 saturated carbocycles. The highest BCUT2D eigenvalue weighted by Crippen LogP contribution is 2.21. The molecule has 0 aromatic rings. The molecule has 1 rings (SSSR count). The van der Waals surface area contributed by atoms with Gasteiger partial charge >= 0.3 is 0 Å². The molecule has 0 fully saturated rings. The standard InChI is InChI=1S/C9H15BrIN/c1-8-3-6-12(5-2-4-11)7-9(8)10/h2-7H2,1H3. The Kier molecular flexibility index (Phi) is 5.13. The fourth-order valence-corrected chi connectivity index (χ4v) is 2.24. The van der Waals surface area contributed by atoms with Crippen LogP contribution in [-0.4, -0.2) is 29.0 Å².